The number of aromatic nitrogens is 3. The van der Waals surface area contributed by atoms with Crippen molar-refractivity contribution in [2.24, 2.45) is 0 Å². The van der Waals surface area contributed by atoms with Crippen LogP contribution in [0.2, 0.25) is 0 Å². The number of hydrogen-bond acceptors (Lipinski definition) is 5. The van der Waals surface area contributed by atoms with Crippen LogP contribution in [-0.2, 0) is 29.4 Å². The van der Waals surface area contributed by atoms with E-state index in [4.69, 9.17) is 0 Å². The Labute approximate surface area is 121 Å². The molecule has 0 saturated carbocycles. The van der Waals surface area contributed by atoms with Crippen molar-refractivity contribution in [2.75, 3.05) is 4.72 Å². The molecule has 0 spiro atoms. The SMILES string of the molecule is CCn1cc(S(=O)(=O)Nc2nc3c(s2)CCCC3)cn1. The van der Waals surface area contributed by atoms with Crippen molar-refractivity contribution in [3.05, 3.63) is 23.0 Å². The van der Waals surface area contributed by atoms with Crippen LogP contribution in [0.1, 0.15) is 30.3 Å². The van der Waals surface area contributed by atoms with Gasteiger partial charge in [0.05, 0.1) is 11.9 Å². The monoisotopic (exact) mass is 312 g/mol. The van der Waals surface area contributed by atoms with E-state index in [9.17, 15) is 8.42 Å². The summed E-state index contributed by atoms with van der Waals surface area (Å²) < 4.78 is 28.6. The number of aryl methyl sites for hydroxylation is 3. The third kappa shape index (κ3) is 2.57. The van der Waals surface area contributed by atoms with E-state index in [0.29, 0.717) is 11.7 Å². The lowest BCUT2D eigenvalue weighted by molar-refractivity contribution is 0.600. The molecule has 2 heterocycles. The number of nitrogens with zero attached hydrogens (tertiary/aromatic N) is 3. The van der Waals surface area contributed by atoms with E-state index >= 15 is 0 Å². The maximum Gasteiger partial charge on any atom is 0.266 e. The Morgan fingerprint density at radius 1 is 1.40 bits per heavy atom. The third-order valence-electron chi connectivity index (χ3n) is 3.31. The zero-order chi connectivity index (χ0) is 14.2. The fourth-order valence-corrected chi connectivity index (χ4v) is 4.46. The van der Waals surface area contributed by atoms with Crippen LogP contribution in [0.15, 0.2) is 17.3 Å². The lowest BCUT2D eigenvalue weighted by Crippen LogP contribution is -2.12. The third-order valence-corrected chi connectivity index (χ3v) is 5.81. The molecule has 2 aromatic rings. The molecule has 0 unspecified atom stereocenters. The number of hydrogen-bond donors (Lipinski definition) is 1. The highest BCUT2D eigenvalue weighted by molar-refractivity contribution is 7.93. The fourth-order valence-electron chi connectivity index (χ4n) is 2.23. The van der Waals surface area contributed by atoms with Gasteiger partial charge in [-0.3, -0.25) is 9.40 Å². The van der Waals surface area contributed by atoms with Gasteiger partial charge in [-0.25, -0.2) is 13.4 Å². The molecule has 1 aliphatic carbocycles. The first-order valence-electron chi connectivity index (χ1n) is 6.62. The van der Waals surface area contributed by atoms with Crippen LogP contribution in [0.3, 0.4) is 0 Å². The van der Waals surface area contributed by atoms with Crippen LogP contribution >= 0.6 is 11.3 Å². The van der Waals surface area contributed by atoms with Crippen LogP contribution in [0.4, 0.5) is 5.13 Å². The molecule has 0 fully saturated rings. The maximum absolute atomic E-state index is 12.2. The topological polar surface area (TPSA) is 76.9 Å². The van der Waals surface area contributed by atoms with Gasteiger partial charge in [0.15, 0.2) is 5.13 Å². The van der Waals surface area contributed by atoms with Gasteiger partial charge in [0.2, 0.25) is 0 Å². The van der Waals surface area contributed by atoms with E-state index in [1.807, 2.05) is 6.92 Å². The lowest BCUT2D eigenvalue weighted by Gasteiger charge is -2.06. The second kappa shape index (κ2) is 5.17. The summed E-state index contributed by atoms with van der Waals surface area (Å²) in [5, 5.41) is 4.45. The van der Waals surface area contributed by atoms with E-state index in [-0.39, 0.29) is 4.90 Å². The summed E-state index contributed by atoms with van der Waals surface area (Å²) in [6, 6.07) is 0. The minimum atomic E-state index is -3.59. The molecule has 2 aromatic heterocycles. The quantitative estimate of drug-likeness (QED) is 0.937. The molecule has 1 aliphatic rings. The minimum absolute atomic E-state index is 0.174. The molecule has 0 amide bonds. The summed E-state index contributed by atoms with van der Waals surface area (Å²) in [5.41, 5.74) is 1.04. The Morgan fingerprint density at radius 3 is 2.90 bits per heavy atom. The highest BCUT2D eigenvalue weighted by Gasteiger charge is 2.21. The number of fused-ring (bicyclic) bond motifs is 1. The largest absolute Gasteiger partial charge is 0.272 e. The molecule has 1 N–H and O–H groups in total. The van der Waals surface area contributed by atoms with E-state index in [0.717, 1.165) is 31.4 Å². The Hall–Kier alpha value is -1.41. The Balaban J connectivity index is 1.84. The number of nitrogens with one attached hydrogen (secondary N) is 1. The van der Waals surface area contributed by atoms with Gasteiger partial charge in [0.1, 0.15) is 4.90 Å². The average molecular weight is 312 g/mol. The second-order valence-corrected chi connectivity index (χ2v) is 7.50. The fraction of sp³-hybridized carbons (Fsp3) is 0.500. The zero-order valence-corrected chi connectivity index (χ0v) is 12.8. The van der Waals surface area contributed by atoms with Gasteiger partial charge >= 0.3 is 0 Å². The van der Waals surface area contributed by atoms with Gasteiger partial charge in [-0.05, 0) is 32.6 Å². The smallest absolute Gasteiger partial charge is 0.266 e. The summed E-state index contributed by atoms with van der Waals surface area (Å²) in [7, 11) is -3.59. The van der Waals surface area contributed by atoms with Gasteiger partial charge in [-0.2, -0.15) is 5.10 Å². The van der Waals surface area contributed by atoms with Crippen molar-refractivity contribution in [2.45, 2.75) is 44.0 Å². The van der Waals surface area contributed by atoms with Crippen molar-refractivity contribution < 1.29 is 8.42 Å². The van der Waals surface area contributed by atoms with Gasteiger partial charge in [-0.1, -0.05) is 0 Å². The number of thiazole rings is 1. The van der Waals surface area contributed by atoms with Gasteiger partial charge < -0.3 is 0 Å². The number of anilines is 1. The molecule has 0 radical (unpaired) electrons. The molecular weight excluding hydrogens is 296 g/mol. The molecule has 0 aliphatic heterocycles. The molecule has 6 nitrogen and oxygen atoms in total. The van der Waals surface area contributed by atoms with Crippen LogP contribution < -0.4 is 4.72 Å². The highest BCUT2D eigenvalue weighted by atomic mass is 32.2. The number of rotatable bonds is 4. The molecule has 8 heteroatoms. The molecule has 108 valence electrons. The van der Waals surface area contributed by atoms with Crippen LogP contribution in [0.25, 0.3) is 0 Å². The zero-order valence-electron chi connectivity index (χ0n) is 11.2. The lowest BCUT2D eigenvalue weighted by atomic mass is 10.0. The predicted molar refractivity (Wildman–Crippen MR) is 77.5 cm³/mol. The molecule has 0 atom stereocenters. The Kier molecular flexibility index (Phi) is 3.51. The second-order valence-electron chi connectivity index (χ2n) is 4.73. The van der Waals surface area contributed by atoms with Crippen LogP contribution in [0.5, 0.6) is 0 Å². The maximum atomic E-state index is 12.2. The standard InChI is InChI=1S/C12H16N4O2S2/c1-2-16-8-9(7-13-16)20(17,18)15-12-14-10-5-3-4-6-11(10)19-12/h7-8H,2-6H2,1H3,(H,14,15). The van der Waals surface area contributed by atoms with Crippen molar-refractivity contribution in [1.82, 2.24) is 14.8 Å². The van der Waals surface area contributed by atoms with Crippen molar-refractivity contribution in [3.8, 4) is 0 Å². The van der Waals surface area contributed by atoms with Crippen molar-refractivity contribution >= 4 is 26.5 Å². The summed E-state index contributed by atoms with van der Waals surface area (Å²) in [4.78, 5) is 5.77. The average Bonchev–Trinajstić information content (AvgIpc) is 3.04. The summed E-state index contributed by atoms with van der Waals surface area (Å²) in [5.74, 6) is 0. The first kappa shape index (κ1) is 13.6. The first-order valence-corrected chi connectivity index (χ1v) is 8.92. The Bertz CT molecular complexity index is 694. The van der Waals surface area contributed by atoms with E-state index in [1.165, 1.54) is 28.6 Å². The van der Waals surface area contributed by atoms with Crippen molar-refractivity contribution in [3.63, 3.8) is 0 Å². The highest BCUT2D eigenvalue weighted by Crippen LogP contribution is 2.30. The first-order chi connectivity index (χ1) is 9.58. The van der Waals surface area contributed by atoms with E-state index in [1.54, 1.807) is 4.68 Å². The molecule has 20 heavy (non-hydrogen) atoms. The van der Waals surface area contributed by atoms with Crippen LogP contribution in [0, 0.1) is 0 Å². The molecule has 3 rings (SSSR count). The normalized spacial score (nSPS) is 15.1. The van der Waals surface area contributed by atoms with Crippen LogP contribution in [-0.4, -0.2) is 23.2 Å². The molecule has 0 saturated heterocycles. The van der Waals surface area contributed by atoms with Gasteiger partial charge in [-0.15, -0.1) is 11.3 Å². The van der Waals surface area contributed by atoms with Gasteiger partial charge in [0.25, 0.3) is 10.0 Å². The van der Waals surface area contributed by atoms with Gasteiger partial charge in [0, 0.05) is 17.6 Å². The number of sulfonamides is 1. The molecule has 0 aromatic carbocycles. The molecular formula is C12H16N4O2S2. The molecule has 0 bridgehead atoms. The van der Waals surface area contributed by atoms with E-state index in [2.05, 4.69) is 14.8 Å². The summed E-state index contributed by atoms with van der Waals surface area (Å²) in [6.07, 6.45) is 7.12. The minimum Gasteiger partial charge on any atom is -0.272 e. The predicted octanol–water partition coefficient (Wildman–Crippen LogP) is 2.04. The Morgan fingerprint density at radius 2 is 2.20 bits per heavy atom. The summed E-state index contributed by atoms with van der Waals surface area (Å²) in [6.45, 7) is 2.55. The van der Waals surface area contributed by atoms with Crippen molar-refractivity contribution in [1.29, 1.82) is 0 Å². The van der Waals surface area contributed by atoms with E-state index < -0.39 is 10.0 Å². The summed E-state index contributed by atoms with van der Waals surface area (Å²) >= 11 is 1.44.